The molecule has 0 aromatic rings. The highest BCUT2D eigenvalue weighted by atomic mass is 15.1. The molecule has 0 fully saturated rings. The Bertz CT molecular complexity index is 101. The van der Waals surface area contributed by atoms with Gasteiger partial charge in [0.1, 0.15) is 0 Å². The van der Waals surface area contributed by atoms with Gasteiger partial charge >= 0.3 is 0 Å². The van der Waals surface area contributed by atoms with Gasteiger partial charge in [-0.2, -0.15) is 0 Å². The standard InChI is InChI=1S/C7H16.C5H13N/c1-6(2)7(3,4)5;1-5(2)6(3)4/h6H,1-5H3;5H,1-4H3. The molecule has 0 N–H and O–H groups in total. The Morgan fingerprint density at radius 1 is 0.846 bits per heavy atom. The van der Waals surface area contributed by atoms with E-state index >= 15 is 0 Å². The third-order valence-electron chi connectivity index (χ3n) is 2.76. The van der Waals surface area contributed by atoms with Crippen molar-refractivity contribution in [1.82, 2.24) is 4.90 Å². The molecule has 0 aliphatic carbocycles. The fraction of sp³-hybridized carbons (Fsp3) is 1.00. The van der Waals surface area contributed by atoms with Crippen LogP contribution in [0.4, 0.5) is 0 Å². The molecular formula is C12H29N. The van der Waals surface area contributed by atoms with Crippen LogP contribution in [0.2, 0.25) is 0 Å². The first-order chi connectivity index (χ1) is 5.59. The van der Waals surface area contributed by atoms with Gasteiger partial charge in [0.25, 0.3) is 0 Å². The van der Waals surface area contributed by atoms with Crippen LogP contribution in [0.3, 0.4) is 0 Å². The van der Waals surface area contributed by atoms with E-state index in [2.05, 4.69) is 67.5 Å². The van der Waals surface area contributed by atoms with Gasteiger partial charge in [-0.15, -0.1) is 0 Å². The molecule has 0 aromatic carbocycles. The molecule has 0 atom stereocenters. The predicted molar refractivity (Wildman–Crippen MR) is 63.1 cm³/mol. The Kier molecular flexibility index (Phi) is 7.62. The van der Waals surface area contributed by atoms with Crippen LogP contribution < -0.4 is 0 Å². The van der Waals surface area contributed by atoms with Crippen molar-refractivity contribution in [3.63, 3.8) is 0 Å². The third kappa shape index (κ3) is 12.0. The lowest BCUT2D eigenvalue weighted by Crippen LogP contribution is -2.20. The zero-order valence-corrected chi connectivity index (χ0v) is 11.1. The summed E-state index contributed by atoms with van der Waals surface area (Å²) < 4.78 is 0. The van der Waals surface area contributed by atoms with E-state index in [1.54, 1.807) is 0 Å². The summed E-state index contributed by atoms with van der Waals surface area (Å²) in [5.41, 5.74) is 0.500. The Morgan fingerprint density at radius 2 is 1.00 bits per heavy atom. The maximum Gasteiger partial charge on any atom is 0.00324 e. The lowest BCUT2D eigenvalue weighted by atomic mass is 9.84. The smallest absolute Gasteiger partial charge is 0.00324 e. The fourth-order valence-corrected chi connectivity index (χ4v) is 0. The normalized spacial score (nSPS) is 12.0. The number of hydrogen-bond donors (Lipinski definition) is 0. The highest BCUT2D eigenvalue weighted by Gasteiger charge is 2.13. The molecule has 0 amide bonds. The first-order valence-corrected chi connectivity index (χ1v) is 5.25. The molecule has 1 nitrogen and oxygen atoms in total. The summed E-state index contributed by atoms with van der Waals surface area (Å²) in [5, 5.41) is 0. The van der Waals surface area contributed by atoms with Gasteiger partial charge < -0.3 is 4.90 Å². The minimum atomic E-state index is 0.500. The third-order valence-corrected chi connectivity index (χ3v) is 2.76. The van der Waals surface area contributed by atoms with Crippen molar-refractivity contribution in [2.24, 2.45) is 11.3 Å². The summed E-state index contributed by atoms with van der Waals surface area (Å²) >= 11 is 0. The van der Waals surface area contributed by atoms with Crippen LogP contribution in [0.5, 0.6) is 0 Å². The van der Waals surface area contributed by atoms with E-state index in [1.807, 2.05) is 0 Å². The van der Waals surface area contributed by atoms with Crippen molar-refractivity contribution < 1.29 is 0 Å². The average Bonchev–Trinajstić information content (AvgIpc) is 1.86. The van der Waals surface area contributed by atoms with Gasteiger partial charge in [-0.25, -0.2) is 0 Å². The second kappa shape index (κ2) is 6.42. The lowest BCUT2D eigenvalue weighted by molar-refractivity contribution is 0.283. The molecule has 0 aliphatic heterocycles. The molecule has 0 radical (unpaired) electrons. The van der Waals surface area contributed by atoms with Gasteiger partial charge in [-0.3, -0.25) is 0 Å². The van der Waals surface area contributed by atoms with E-state index in [4.69, 9.17) is 0 Å². The van der Waals surface area contributed by atoms with E-state index in [-0.39, 0.29) is 0 Å². The molecule has 0 rings (SSSR count). The summed E-state index contributed by atoms with van der Waals surface area (Å²) in [7, 11) is 4.15. The molecule has 0 saturated heterocycles. The molecule has 0 unspecified atom stereocenters. The van der Waals surface area contributed by atoms with Crippen LogP contribution in [-0.4, -0.2) is 25.0 Å². The molecule has 1 heteroatoms. The molecule has 0 aliphatic rings. The van der Waals surface area contributed by atoms with Gasteiger partial charge in [0.05, 0.1) is 0 Å². The first kappa shape index (κ1) is 15.4. The minimum Gasteiger partial charge on any atom is -0.307 e. The number of nitrogens with zero attached hydrogens (tertiary/aromatic N) is 1. The lowest BCUT2D eigenvalue weighted by Gasteiger charge is -2.22. The molecule has 0 spiro atoms. The van der Waals surface area contributed by atoms with Crippen LogP contribution in [0.25, 0.3) is 0 Å². The number of rotatable bonds is 1. The molecule has 82 valence electrons. The molecular weight excluding hydrogens is 158 g/mol. The topological polar surface area (TPSA) is 3.24 Å². The number of hydrogen-bond acceptors (Lipinski definition) is 1. The second-order valence-electron chi connectivity index (χ2n) is 5.58. The summed E-state index contributed by atoms with van der Waals surface area (Å²) in [6.45, 7) is 15.6. The first-order valence-electron chi connectivity index (χ1n) is 5.25. The Balaban J connectivity index is 0. The average molecular weight is 187 g/mol. The van der Waals surface area contributed by atoms with Gasteiger partial charge in [0, 0.05) is 6.04 Å². The van der Waals surface area contributed by atoms with Crippen LogP contribution >= 0.6 is 0 Å². The van der Waals surface area contributed by atoms with E-state index < -0.39 is 0 Å². The van der Waals surface area contributed by atoms with Crippen LogP contribution in [0.15, 0.2) is 0 Å². The predicted octanol–water partition coefficient (Wildman–Crippen LogP) is 3.64. The molecule has 0 aromatic heterocycles. The van der Waals surface area contributed by atoms with E-state index in [0.717, 1.165) is 5.92 Å². The highest BCUT2D eigenvalue weighted by Crippen LogP contribution is 2.23. The zero-order chi connectivity index (χ0) is 11.2. The Hall–Kier alpha value is -0.0400. The van der Waals surface area contributed by atoms with E-state index in [1.165, 1.54) is 0 Å². The molecule has 0 bridgehead atoms. The van der Waals surface area contributed by atoms with Gasteiger partial charge in [0.2, 0.25) is 0 Å². The zero-order valence-electron chi connectivity index (χ0n) is 11.1. The van der Waals surface area contributed by atoms with Crippen molar-refractivity contribution in [1.29, 1.82) is 0 Å². The van der Waals surface area contributed by atoms with E-state index in [9.17, 15) is 0 Å². The Labute approximate surface area is 85.5 Å². The van der Waals surface area contributed by atoms with Gasteiger partial charge in [0.15, 0.2) is 0 Å². The Morgan fingerprint density at radius 3 is 1.00 bits per heavy atom. The van der Waals surface area contributed by atoms with Crippen molar-refractivity contribution in [2.75, 3.05) is 14.1 Å². The highest BCUT2D eigenvalue weighted by molar-refractivity contribution is 4.64. The van der Waals surface area contributed by atoms with Gasteiger partial charge in [-0.05, 0) is 39.3 Å². The van der Waals surface area contributed by atoms with Crippen LogP contribution in [0.1, 0.15) is 48.5 Å². The second-order valence-corrected chi connectivity index (χ2v) is 5.58. The molecule has 0 saturated carbocycles. The maximum absolute atomic E-state index is 2.26. The van der Waals surface area contributed by atoms with Crippen molar-refractivity contribution in [2.45, 2.75) is 54.5 Å². The summed E-state index contributed by atoms with van der Waals surface area (Å²) in [5.74, 6) is 0.799. The quantitative estimate of drug-likeness (QED) is 0.606. The largest absolute Gasteiger partial charge is 0.307 e. The molecule has 0 heterocycles. The van der Waals surface area contributed by atoms with Crippen molar-refractivity contribution >= 4 is 0 Å². The monoisotopic (exact) mass is 187 g/mol. The summed E-state index contributed by atoms with van der Waals surface area (Å²) in [6, 6.07) is 0.685. The van der Waals surface area contributed by atoms with Gasteiger partial charge in [-0.1, -0.05) is 34.6 Å². The SMILES string of the molecule is CC(C)C(C)(C)C.CC(C)N(C)C. The fourth-order valence-electron chi connectivity index (χ4n) is 0. The van der Waals surface area contributed by atoms with Crippen LogP contribution in [0, 0.1) is 11.3 Å². The maximum atomic E-state index is 2.26. The van der Waals surface area contributed by atoms with Crippen LogP contribution in [-0.2, 0) is 0 Å². The summed E-state index contributed by atoms with van der Waals surface area (Å²) in [4.78, 5) is 2.17. The van der Waals surface area contributed by atoms with Crippen molar-refractivity contribution in [3.05, 3.63) is 0 Å². The molecule has 13 heavy (non-hydrogen) atoms. The summed E-state index contributed by atoms with van der Waals surface area (Å²) in [6.07, 6.45) is 0. The van der Waals surface area contributed by atoms with E-state index in [0.29, 0.717) is 11.5 Å². The minimum absolute atomic E-state index is 0.500. The van der Waals surface area contributed by atoms with Crippen molar-refractivity contribution in [3.8, 4) is 0 Å².